The lowest BCUT2D eigenvalue weighted by Gasteiger charge is -2.20. The van der Waals surface area contributed by atoms with E-state index >= 15 is 0 Å². The highest BCUT2D eigenvalue weighted by Gasteiger charge is 2.58. The molecule has 0 aromatic rings. The van der Waals surface area contributed by atoms with Gasteiger partial charge < -0.3 is 4.55 Å². The van der Waals surface area contributed by atoms with E-state index in [1.165, 1.54) is 0 Å². The summed E-state index contributed by atoms with van der Waals surface area (Å²) >= 11 is 0. The summed E-state index contributed by atoms with van der Waals surface area (Å²) in [4.78, 5) is 0. The van der Waals surface area contributed by atoms with E-state index in [1.807, 2.05) is 0 Å². The Morgan fingerprint density at radius 3 is 1.50 bits per heavy atom. The van der Waals surface area contributed by atoms with Gasteiger partial charge in [0.1, 0.15) is 15.9 Å². The first kappa shape index (κ1) is 11.6. The van der Waals surface area contributed by atoms with Crippen LogP contribution < -0.4 is 0 Å². The van der Waals surface area contributed by atoms with Crippen LogP contribution in [0.2, 0.25) is 0 Å². The number of halogens is 5. The molecule has 3 nitrogen and oxygen atoms in total. The Balaban J connectivity index is 4.67. The number of rotatable bonds is 2. The van der Waals surface area contributed by atoms with Gasteiger partial charge in [0.2, 0.25) is 0 Å². The minimum Gasteiger partial charge on any atom is -0.748 e. The molecule has 0 aromatic heterocycles. The molecule has 0 amide bonds. The van der Waals surface area contributed by atoms with Crippen molar-refractivity contribution in [3.05, 3.63) is 0 Å². The summed E-state index contributed by atoms with van der Waals surface area (Å²) in [5, 5.41) is 0. The van der Waals surface area contributed by atoms with E-state index in [0.717, 1.165) is 0 Å². The first-order chi connectivity index (χ1) is 4.96. The van der Waals surface area contributed by atoms with Crippen molar-refractivity contribution in [2.45, 2.75) is 12.1 Å². The smallest absolute Gasteiger partial charge is 0.454 e. The molecule has 0 radical (unpaired) electrons. The molecular weight excluding hydrogens is 211 g/mol. The van der Waals surface area contributed by atoms with E-state index in [4.69, 9.17) is 0 Å². The van der Waals surface area contributed by atoms with Crippen LogP contribution in [0.25, 0.3) is 0 Å². The van der Waals surface area contributed by atoms with Gasteiger partial charge in [0.25, 0.3) is 0 Å². The summed E-state index contributed by atoms with van der Waals surface area (Å²) in [6.45, 7) is 0. The van der Waals surface area contributed by atoms with Crippen molar-refractivity contribution in [3.63, 3.8) is 0 Å². The zero-order valence-corrected chi connectivity index (χ0v) is 6.05. The molecule has 0 aromatic carbocycles. The van der Waals surface area contributed by atoms with Gasteiger partial charge in [-0.05, 0) is 0 Å². The van der Waals surface area contributed by atoms with Crippen LogP contribution in [0, 0.1) is 0 Å². The van der Waals surface area contributed by atoms with Crippen LogP contribution in [-0.4, -0.2) is 30.8 Å². The number of hydrogen-bond acceptors (Lipinski definition) is 3. The molecule has 0 fully saturated rings. The van der Waals surface area contributed by atoms with Gasteiger partial charge in [0.05, 0.1) is 0 Å². The second kappa shape index (κ2) is 2.80. The second-order valence-electron chi connectivity index (χ2n) is 1.90. The molecule has 0 aliphatic heterocycles. The molecule has 0 aliphatic carbocycles. The van der Waals surface area contributed by atoms with E-state index in [-0.39, 0.29) is 0 Å². The third-order valence-corrected chi connectivity index (χ3v) is 1.49. The highest BCUT2D eigenvalue weighted by atomic mass is 32.2. The van der Waals surface area contributed by atoms with Crippen LogP contribution in [-0.2, 0) is 10.1 Å². The van der Waals surface area contributed by atoms with Crippen molar-refractivity contribution < 1.29 is 34.9 Å². The molecule has 0 N–H and O–H groups in total. The summed E-state index contributed by atoms with van der Waals surface area (Å²) in [5.74, 6) is -8.24. The van der Waals surface area contributed by atoms with Crippen LogP contribution in [0.15, 0.2) is 0 Å². The van der Waals surface area contributed by atoms with Crippen molar-refractivity contribution in [1.29, 1.82) is 0 Å². The monoisotopic (exact) mass is 213 g/mol. The molecule has 0 aliphatic rings. The summed E-state index contributed by atoms with van der Waals surface area (Å²) in [7, 11) is -5.58. The minimum atomic E-state index is -6.01. The van der Waals surface area contributed by atoms with Crippen LogP contribution in [0.1, 0.15) is 0 Å². The Bertz CT molecular complexity index is 252. The maximum absolute atomic E-state index is 11.7. The van der Waals surface area contributed by atoms with Gasteiger partial charge in [0.15, 0.2) is 0 Å². The first-order valence-electron chi connectivity index (χ1n) is 2.34. The van der Waals surface area contributed by atoms with Gasteiger partial charge in [-0.2, -0.15) is 22.0 Å². The lowest BCUT2D eigenvalue weighted by atomic mass is 10.4. The molecule has 0 atom stereocenters. The van der Waals surface area contributed by atoms with Gasteiger partial charge >= 0.3 is 12.1 Å². The molecule has 0 rings (SSSR count). The Morgan fingerprint density at radius 1 is 1.08 bits per heavy atom. The van der Waals surface area contributed by atoms with Gasteiger partial charge in [0, 0.05) is 0 Å². The largest absolute Gasteiger partial charge is 0.748 e. The third kappa shape index (κ3) is 3.30. The predicted octanol–water partition coefficient (Wildman–Crippen LogP) is 0.729. The second-order valence-corrected chi connectivity index (χ2v) is 3.31. The number of hydrogen-bond donors (Lipinski definition) is 0. The lowest BCUT2D eigenvalue weighted by Crippen LogP contribution is -2.42. The Kier molecular flexibility index (Phi) is 2.70. The third-order valence-electron chi connectivity index (χ3n) is 0.773. The normalized spacial score (nSPS) is 14.8. The fourth-order valence-electron chi connectivity index (χ4n) is 0.304. The lowest BCUT2D eigenvalue weighted by molar-refractivity contribution is -0.271. The molecule has 74 valence electrons. The Labute approximate surface area is 63.9 Å². The summed E-state index contributed by atoms with van der Waals surface area (Å²) < 4.78 is 85.8. The number of alkyl halides is 5. The van der Waals surface area contributed by atoms with Crippen LogP contribution in [0.5, 0.6) is 0 Å². The molecular formula is C3H2F5O3S-. The van der Waals surface area contributed by atoms with Gasteiger partial charge in [-0.1, -0.05) is 0 Å². The van der Waals surface area contributed by atoms with E-state index in [2.05, 4.69) is 0 Å². The van der Waals surface area contributed by atoms with Crippen LogP contribution in [0.3, 0.4) is 0 Å². The van der Waals surface area contributed by atoms with Crippen molar-refractivity contribution in [1.82, 2.24) is 0 Å². The molecule has 0 heterocycles. The maximum atomic E-state index is 11.7. The standard InChI is InChI=1S/C3H3F5O3S/c4-2(5,3(6,7)8)1-12(9,10)11/h1H2,(H,9,10,11)/p-1. The van der Waals surface area contributed by atoms with Crippen LogP contribution in [0.4, 0.5) is 22.0 Å². The summed E-state index contributed by atoms with van der Waals surface area (Å²) in [5.41, 5.74) is 0. The minimum absolute atomic E-state index is 2.76. The zero-order chi connectivity index (χ0) is 10.2. The molecule has 0 saturated carbocycles. The summed E-state index contributed by atoms with van der Waals surface area (Å²) in [6, 6.07) is 0. The molecule has 0 bridgehead atoms. The van der Waals surface area contributed by atoms with Crippen molar-refractivity contribution in [3.8, 4) is 0 Å². The molecule has 0 spiro atoms. The Hall–Kier alpha value is -0.440. The maximum Gasteiger partial charge on any atom is 0.454 e. The van der Waals surface area contributed by atoms with E-state index in [9.17, 15) is 34.9 Å². The average molecular weight is 213 g/mol. The van der Waals surface area contributed by atoms with Gasteiger partial charge in [-0.25, -0.2) is 8.42 Å². The van der Waals surface area contributed by atoms with E-state index in [1.54, 1.807) is 0 Å². The van der Waals surface area contributed by atoms with E-state index in [0.29, 0.717) is 0 Å². The van der Waals surface area contributed by atoms with Crippen molar-refractivity contribution >= 4 is 10.1 Å². The highest BCUT2D eigenvalue weighted by Crippen LogP contribution is 2.36. The zero-order valence-electron chi connectivity index (χ0n) is 5.23. The topological polar surface area (TPSA) is 57.2 Å². The molecule has 12 heavy (non-hydrogen) atoms. The quantitative estimate of drug-likeness (QED) is 0.501. The average Bonchev–Trinajstić information content (AvgIpc) is 1.52. The van der Waals surface area contributed by atoms with E-state index < -0.39 is 28.0 Å². The van der Waals surface area contributed by atoms with Crippen LogP contribution >= 0.6 is 0 Å². The molecule has 0 saturated heterocycles. The molecule has 0 unspecified atom stereocenters. The SMILES string of the molecule is O=S(=O)([O-])CC(F)(F)C(F)(F)F. The predicted molar refractivity (Wildman–Crippen MR) is 25.6 cm³/mol. The summed E-state index contributed by atoms with van der Waals surface area (Å²) in [6.07, 6.45) is -6.01. The van der Waals surface area contributed by atoms with Crippen molar-refractivity contribution in [2.75, 3.05) is 5.75 Å². The van der Waals surface area contributed by atoms with Crippen molar-refractivity contribution in [2.24, 2.45) is 0 Å². The fraction of sp³-hybridized carbons (Fsp3) is 1.00. The molecule has 9 heteroatoms. The Morgan fingerprint density at radius 2 is 1.42 bits per heavy atom. The highest BCUT2D eigenvalue weighted by molar-refractivity contribution is 7.85. The van der Waals surface area contributed by atoms with Gasteiger partial charge in [-0.15, -0.1) is 0 Å². The first-order valence-corrected chi connectivity index (χ1v) is 3.91. The fourth-order valence-corrected chi connectivity index (χ4v) is 0.912. The van der Waals surface area contributed by atoms with Gasteiger partial charge in [-0.3, -0.25) is 0 Å².